The fourth-order valence-electron chi connectivity index (χ4n) is 2.32. The average Bonchev–Trinajstić information content (AvgIpc) is 3.10. The Kier molecular flexibility index (Phi) is 8.09. The lowest BCUT2D eigenvalue weighted by molar-refractivity contribution is 0.0827. The number of hydrogen-bond donors (Lipinski definition) is 3. The van der Waals surface area contributed by atoms with E-state index >= 15 is 0 Å². The summed E-state index contributed by atoms with van der Waals surface area (Å²) in [6, 6.07) is 11.0. The summed E-state index contributed by atoms with van der Waals surface area (Å²) < 4.78 is 0.654. The van der Waals surface area contributed by atoms with Crippen molar-refractivity contribution >= 4 is 34.8 Å². The molecule has 27 heavy (non-hydrogen) atoms. The van der Waals surface area contributed by atoms with Crippen molar-refractivity contribution in [2.24, 2.45) is 4.99 Å². The van der Waals surface area contributed by atoms with Crippen LogP contribution in [0.4, 0.5) is 0 Å². The Labute approximate surface area is 168 Å². The maximum absolute atomic E-state index is 11.9. The molecule has 1 aromatic carbocycles. The second kappa shape index (κ2) is 10.3. The average molecular weight is 409 g/mol. The first-order chi connectivity index (χ1) is 12.9. The van der Waals surface area contributed by atoms with Gasteiger partial charge in [0.15, 0.2) is 5.96 Å². The van der Waals surface area contributed by atoms with Crippen LogP contribution in [0.5, 0.6) is 0 Å². The molecule has 1 heterocycles. The minimum Gasteiger partial charge on any atom is -0.386 e. The molecule has 0 aliphatic carbocycles. The van der Waals surface area contributed by atoms with Crippen LogP contribution >= 0.6 is 22.9 Å². The molecule has 2 rings (SSSR count). The largest absolute Gasteiger partial charge is 0.386 e. The molecule has 2 aromatic rings. The lowest BCUT2D eigenvalue weighted by Gasteiger charge is -2.14. The molecule has 0 fully saturated rings. The highest BCUT2D eigenvalue weighted by Gasteiger charge is 2.11. The third-order valence-electron chi connectivity index (χ3n) is 3.76. The van der Waals surface area contributed by atoms with Gasteiger partial charge in [0.05, 0.1) is 10.9 Å². The van der Waals surface area contributed by atoms with Gasteiger partial charge in [-0.05, 0) is 36.8 Å². The topological polar surface area (TPSA) is 77.0 Å². The number of thiophene rings is 1. The number of nitrogens with zero attached hydrogens (tertiary/aromatic N) is 2. The first-order valence-corrected chi connectivity index (χ1v) is 9.86. The third-order valence-corrected chi connectivity index (χ3v) is 5.09. The summed E-state index contributed by atoms with van der Waals surface area (Å²) in [5.74, 6) is 0.593. The molecule has 0 bridgehead atoms. The predicted molar refractivity (Wildman–Crippen MR) is 112 cm³/mol. The number of halogens is 1. The highest BCUT2D eigenvalue weighted by atomic mass is 35.5. The van der Waals surface area contributed by atoms with E-state index in [9.17, 15) is 9.90 Å². The summed E-state index contributed by atoms with van der Waals surface area (Å²) in [5.41, 5.74) is 1.64. The van der Waals surface area contributed by atoms with Crippen molar-refractivity contribution in [3.63, 3.8) is 0 Å². The fraction of sp³-hybridized carbons (Fsp3) is 0.368. The molecule has 0 saturated heterocycles. The van der Waals surface area contributed by atoms with E-state index in [4.69, 9.17) is 11.6 Å². The van der Waals surface area contributed by atoms with E-state index in [-0.39, 0.29) is 5.91 Å². The van der Waals surface area contributed by atoms with Crippen LogP contribution in [0, 0.1) is 0 Å². The Morgan fingerprint density at radius 3 is 2.48 bits per heavy atom. The van der Waals surface area contributed by atoms with Gasteiger partial charge in [0, 0.05) is 37.6 Å². The van der Waals surface area contributed by atoms with Gasteiger partial charge in [-0.1, -0.05) is 23.7 Å². The summed E-state index contributed by atoms with van der Waals surface area (Å²) >= 11 is 7.27. The van der Waals surface area contributed by atoms with Crippen LogP contribution in [0.15, 0.2) is 41.4 Å². The number of hydrogen-bond acceptors (Lipinski definition) is 4. The quantitative estimate of drug-likeness (QED) is 0.486. The number of guanidine groups is 1. The first kappa shape index (κ1) is 21.2. The van der Waals surface area contributed by atoms with E-state index in [0.29, 0.717) is 35.5 Å². The number of carbonyl (C=O) groups excluding carboxylic acids is 1. The number of aliphatic hydroxyl groups is 1. The van der Waals surface area contributed by atoms with Crippen molar-refractivity contribution < 1.29 is 9.90 Å². The molecular formula is C19H25ClN4O2S. The molecule has 0 radical (unpaired) electrons. The molecule has 1 amide bonds. The van der Waals surface area contributed by atoms with Crippen molar-refractivity contribution in [3.05, 3.63) is 56.7 Å². The molecule has 0 aliphatic heterocycles. The minimum atomic E-state index is -0.650. The Balaban J connectivity index is 1.95. The molecule has 1 unspecified atom stereocenters. The van der Waals surface area contributed by atoms with Gasteiger partial charge in [0.25, 0.3) is 5.91 Å². The highest BCUT2D eigenvalue weighted by molar-refractivity contribution is 7.16. The predicted octanol–water partition coefficient (Wildman–Crippen LogP) is 2.89. The second-order valence-electron chi connectivity index (χ2n) is 6.13. The molecule has 8 heteroatoms. The number of rotatable bonds is 7. The zero-order chi connectivity index (χ0) is 19.8. The normalized spacial score (nSPS) is 12.6. The van der Waals surface area contributed by atoms with E-state index in [0.717, 1.165) is 10.4 Å². The van der Waals surface area contributed by atoms with Crippen LogP contribution < -0.4 is 10.6 Å². The Morgan fingerprint density at radius 2 is 1.93 bits per heavy atom. The van der Waals surface area contributed by atoms with Crippen LogP contribution in [-0.2, 0) is 6.54 Å². The summed E-state index contributed by atoms with van der Waals surface area (Å²) in [4.78, 5) is 18.8. The van der Waals surface area contributed by atoms with Crippen LogP contribution in [0.2, 0.25) is 4.34 Å². The number of nitrogens with one attached hydrogen (secondary N) is 2. The minimum absolute atomic E-state index is 0.0253. The Morgan fingerprint density at radius 1 is 1.22 bits per heavy atom. The van der Waals surface area contributed by atoms with E-state index < -0.39 is 6.10 Å². The summed E-state index contributed by atoms with van der Waals surface area (Å²) in [7, 11) is 3.46. The molecule has 0 spiro atoms. The molecule has 0 saturated carbocycles. The van der Waals surface area contributed by atoms with Gasteiger partial charge in [0.1, 0.15) is 6.10 Å². The van der Waals surface area contributed by atoms with E-state index in [2.05, 4.69) is 15.6 Å². The van der Waals surface area contributed by atoms with Crippen LogP contribution in [0.3, 0.4) is 0 Å². The van der Waals surface area contributed by atoms with Crippen LogP contribution in [0.25, 0.3) is 0 Å². The monoisotopic (exact) mass is 408 g/mol. The van der Waals surface area contributed by atoms with Gasteiger partial charge in [-0.3, -0.25) is 4.79 Å². The van der Waals surface area contributed by atoms with Crippen molar-refractivity contribution in [2.75, 3.05) is 27.2 Å². The van der Waals surface area contributed by atoms with Crippen molar-refractivity contribution in [1.29, 1.82) is 0 Å². The highest BCUT2D eigenvalue weighted by Crippen LogP contribution is 2.26. The molecule has 146 valence electrons. The number of carbonyl (C=O) groups is 1. The van der Waals surface area contributed by atoms with E-state index in [1.807, 2.05) is 25.1 Å². The zero-order valence-corrected chi connectivity index (χ0v) is 17.3. The lowest BCUT2D eigenvalue weighted by atomic mass is 10.1. The van der Waals surface area contributed by atoms with Gasteiger partial charge in [-0.25, -0.2) is 4.99 Å². The Hall–Kier alpha value is -2.09. The summed E-state index contributed by atoms with van der Waals surface area (Å²) in [6.45, 7) is 3.49. The van der Waals surface area contributed by atoms with Gasteiger partial charge in [0.2, 0.25) is 0 Å². The van der Waals surface area contributed by atoms with Crippen molar-refractivity contribution in [3.8, 4) is 0 Å². The lowest BCUT2D eigenvalue weighted by Crippen LogP contribution is -2.39. The van der Waals surface area contributed by atoms with Gasteiger partial charge in [-0.15, -0.1) is 11.3 Å². The molecule has 1 atom stereocenters. The maximum atomic E-state index is 11.9. The number of aliphatic imine (C=N–C) groups is 1. The van der Waals surface area contributed by atoms with Crippen LogP contribution in [0.1, 0.15) is 33.8 Å². The summed E-state index contributed by atoms with van der Waals surface area (Å²) in [6.07, 6.45) is -0.650. The SMILES string of the molecule is CCNC(=NCc1ccc(C(=O)N(C)C)cc1)NCC(O)c1ccc(Cl)s1. The number of benzene rings is 1. The third kappa shape index (κ3) is 6.53. The van der Waals surface area contributed by atoms with Crippen molar-refractivity contribution in [1.82, 2.24) is 15.5 Å². The molecule has 0 aliphatic rings. The smallest absolute Gasteiger partial charge is 0.253 e. The maximum Gasteiger partial charge on any atom is 0.253 e. The van der Waals surface area contributed by atoms with Gasteiger partial charge >= 0.3 is 0 Å². The summed E-state index contributed by atoms with van der Waals surface area (Å²) in [5, 5.41) is 16.5. The van der Waals surface area contributed by atoms with E-state index in [1.165, 1.54) is 11.3 Å². The zero-order valence-electron chi connectivity index (χ0n) is 15.7. The fourth-order valence-corrected chi connectivity index (χ4v) is 3.37. The first-order valence-electron chi connectivity index (χ1n) is 8.66. The Bertz CT molecular complexity index is 774. The van der Waals surface area contributed by atoms with E-state index in [1.54, 1.807) is 37.2 Å². The molecule has 1 aromatic heterocycles. The molecule has 6 nitrogen and oxygen atoms in total. The molecule has 3 N–H and O–H groups in total. The van der Waals surface area contributed by atoms with Gasteiger partial charge < -0.3 is 20.6 Å². The molecular weight excluding hydrogens is 384 g/mol. The number of aliphatic hydroxyl groups excluding tert-OH is 1. The van der Waals surface area contributed by atoms with Crippen molar-refractivity contribution in [2.45, 2.75) is 19.6 Å². The standard InChI is InChI=1S/C19H25ClN4O2S/c1-4-21-19(23-12-15(25)16-9-10-17(20)27-16)22-11-13-5-7-14(8-6-13)18(26)24(2)3/h5-10,15,25H,4,11-12H2,1-3H3,(H2,21,22,23). The van der Waals surface area contributed by atoms with Gasteiger partial charge in [-0.2, -0.15) is 0 Å². The number of amides is 1. The van der Waals surface area contributed by atoms with Crippen LogP contribution in [-0.4, -0.2) is 49.1 Å². The second-order valence-corrected chi connectivity index (χ2v) is 7.88.